The molecular weight excluding hydrogens is 367 g/mol. The molecule has 0 unspecified atom stereocenters. The molecule has 0 radical (unpaired) electrons. The third kappa shape index (κ3) is 2.53. The molecule has 4 rings (SSSR count). The Morgan fingerprint density at radius 3 is 2.88 bits per heavy atom. The summed E-state index contributed by atoms with van der Waals surface area (Å²) in [6.45, 7) is 0. The SMILES string of the molecule is CSc1nc2n(n1)[C@H](c1ccc(Cl)c(Cl)c1)C1=C(CCCC1=O)N2. The lowest BCUT2D eigenvalue weighted by Gasteiger charge is -2.32. The second-order valence-electron chi connectivity index (χ2n) is 5.74. The normalized spacial score (nSPS) is 19.8. The van der Waals surface area contributed by atoms with Crippen molar-refractivity contribution in [2.75, 3.05) is 11.6 Å². The fourth-order valence-electron chi connectivity index (χ4n) is 3.21. The van der Waals surface area contributed by atoms with Crippen LogP contribution in [0.1, 0.15) is 30.9 Å². The summed E-state index contributed by atoms with van der Waals surface area (Å²) in [5.41, 5.74) is 2.58. The Balaban J connectivity index is 1.92. The Morgan fingerprint density at radius 1 is 1.29 bits per heavy atom. The Hall–Kier alpha value is -1.50. The molecule has 0 fully saturated rings. The molecule has 0 saturated heterocycles. The Bertz CT molecular complexity index is 877. The highest BCUT2D eigenvalue weighted by Gasteiger charge is 2.36. The molecule has 2 aromatic rings. The minimum atomic E-state index is -0.327. The van der Waals surface area contributed by atoms with E-state index in [1.807, 2.05) is 12.3 Å². The molecule has 5 nitrogen and oxygen atoms in total. The van der Waals surface area contributed by atoms with Gasteiger partial charge >= 0.3 is 0 Å². The number of ketones is 1. The maximum absolute atomic E-state index is 12.6. The first kappa shape index (κ1) is 16.0. The highest BCUT2D eigenvalue weighted by molar-refractivity contribution is 7.98. The van der Waals surface area contributed by atoms with Gasteiger partial charge in [0.1, 0.15) is 6.04 Å². The van der Waals surface area contributed by atoms with Crippen molar-refractivity contribution in [3.8, 4) is 0 Å². The van der Waals surface area contributed by atoms with Crippen LogP contribution < -0.4 is 5.32 Å². The van der Waals surface area contributed by atoms with Crippen molar-refractivity contribution in [1.29, 1.82) is 0 Å². The number of rotatable bonds is 2. The van der Waals surface area contributed by atoms with Crippen molar-refractivity contribution in [2.24, 2.45) is 0 Å². The summed E-state index contributed by atoms with van der Waals surface area (Å²) in [5, 5.41) is 9.45. The molecule has 0 amide bonds. The van der Waals surface area contributed by atoms with Gasteiger partial charge in [-0.25, -0.2) is 4.68 Å². The number of benzene rings is 1. The second kappa shape index (κ2) is 6.10. The van der Waals surface area contributed by atoms with E-state index in [2.05, 4.69) is 15.4 Å². The summed E-state index contributed by atoms with van der Waals surface area (Å²) in [6, 6.07) is 5.12. The molecule has 0 saturated carbocycles. The van der Waals surface area contributed by atoms with Crippen LogP contribution in [0, 0.1) is 0 Å². The van der Waals surface area contributed by atoms with E-state index >= 15 is 0 Å². The molecular formula is C16H14Cl2N4OS. The predicted octanol–water partition coefficient (Wildman–Crippen LogP) is 4.33. The minimum Gasteiger partial charge on any atom is -0.328 e. The zero-order chi connectivity index (χ0) is 16.8. The molecule has 1 aromatic heterocycles. The molecule has 1 aliphatic carbocycles. The Labute approximate surface area is 153 Å². The van der Waals surface area contributed by atoms with E-state index in [9.17, 15) is 4.79 Å². The van der Waals surface area contributed by atoms with Gasteiger partial charge in [0, 0.05) is 17.7 Å². The number of Topliss-reactive ketones (excluding diaryl/α,β-unsaturated/α-hetero) is 1. The van der Waals surface area contributed by atoms with Crippen LogP contribution in [0.5, 0.6) is 0 Å². The molecule has 0 spiro atoms. The highest BCUT2D eigenvalue weighted by atomic mass is 35.5. The fourth-order valence-corrected chi connectivity index (χ4v) is 3.87. The smallest absolute Gasteiger partial charge is 0.227 e. The van der Waals surface area contributed by atoms with Crippen LogP contribution in [-0.4, -0.2) is 26.8 Å². The van der Waals surface area contributed by atoms with Crippen LogP contribution in [0.25, 0.3) is 0 Å². The summed E-state index contributed by atoms with van der Waals surface area (Å²) in [4.78, 5) is 17.1. The summed E-state index contributed by atoms with van der Waals surface area (Å²) >= 11 is 13.7. The van der Waals surface area contributed by atoms with Gasteiger partial charge in [0.15, 0.2) is 5.78 Å². The van der Waals surface area contributed by atoms with Crippen LogP contribution in [0.3, 0.4) is 0 Å². The van der Waals surface area contributed by atoms with Gasteiger partial charge in [0.05, 0.1) is 10.0 Å². The second-order valence-corrected chi connectivity index (χ2v) is 7.32. The van der Waals surface area contributed by atoms with Crippen molar-refractivity contribution in [3.63, 3.8) is 0 Å². The van der Waals surface area contributed by atoms with E-state index in [-0.39, 0.29) is 11.8 Å². The first-order valence-corrected chi connectivity index (χ1v) is 9.55. The Morgan fingerprint density at radius 2 is 2.12 bits per heavy atom. The van der Waals surface area contributed by atoms with Crippen LogP contribution >= 0.6 is 35.0 Å². The zero-order valence-electron chi connectivity index (χ0n) is 12.8. The largest absolute Gasteiger partial charge is 0.328 e. The van der Waals surface area contributed by atoms with E-state index in [0.717, 1.165) is 29.7 Å². The number of carbonyl (C=O) groups is 1. The molecule has 8 heteroatoms. The average Bonchev–Trinajstić information content (AvgIpc) is 2.98. The minimum absolute atomic E-state index is 0.145. The van der Waals surface area contributed by atoms with Crippen molar-refractivity contribution in [2.45, 2.75) is 30.5 Å². The molecule has 2 aliphatic rings. The maximum Gasteiger partial charge on any atom is 0.227 e. The van der Waals surface area contributed by atoms with Gasteiger partial charge in [-0.3, -0.25) is 4.79 Å². The van der Waals surface area contributed by atoms with Crippen LogP contribution in [0.15, 0.2) is 34.6 Å². The standard InChI is InChI=1S/C16H14Cl2N4OS/c1-24-16-20-15-19-11-3-2-4-12(23)13(11)14(22(15)21-16)8-5-6-9(17)10(18)7-8/h5-7,14H,2-4H2,1H3,(H,19,20,21)/t14-/m1/s1. The average molecular weight is 381 g/mol. The van der Waals surface area contributed by atoms with Crippen molar-refractivity contribution < 1.29 is 4.79 Å². The summed E-state index contributed by atoms with van der Waals surface area (Å²) in [5.74, 6) is 0.801. The van der Waals surface area contributed by atoms with Crippen molar-refractivity contribution in [3.05, 3.63) is 45.1 Å². The van der Waals surface area contributed by atoms with Gasteiger partial charge in [-0.05, 0) is 36.8 Å². The number of thioether (sulfide) groups is 1. The first-order valence-electron chi connectivity index (χ1n) is 7.57. The number of hydrogen-bond donors (Lipinski definition) is 1. The molecule has 1 atom stereocenters. The van der Waals surface area contributed by atoms with E-state index < -0.39 is 0 Å². The first-order chi connectivity index (χ1) is 11.6. The molecule has 0 bridgehead atoms. The molecule has 2 heterocycles. The third-order valence-electron chi connectivity index (χ3n) is 4.29. The third-order valence-corrected chi connectivity index (χ3v) is 5.57. The lowest BCUT2D eigenvalue weighted by Crippen LogP contribution is -2.31. The van der Waals surface area contributed by atoms with E-state index in [1.54, 1.807) is 16.8 Å². The number of nitrogens with zero attached hydrogens (tertiary/aromatic N) is 3. The van der Waals surface area contributed by atoms with Crippen molar-refractivity contribution >= 4 is 46.7 Å². The monoisotopic (exact) mass is 380 g/mol. The van der Waals surface area contributed by atoms with Gasteiger partial charge in [-0.1, -0.05) is 41.0 Å². The topological polar surface area (TPSA) is 59.8 Å². The van der Waals surface area contributed by atoms with Crippen LogP contribution in [0.4, 0.5) is 5.95 Å². The number of nitrogens with one attached hydrogen (secondary N) is 1. The number of allylic oxidation sites excluding steroid dienone is 2. The van der Waals surface area contributed by atoms with E-state index in [4.69, 9.17) is 23.2 Å². The lowest BCUT2D eigenvalue weighted by atomic mass is 9.85. The molecule has 1 aliphatic heterocycles. The summed E-state index contributed by atoms with van der Waals surface area (Å²) in [6.07, 6.45) is 4.16. The number of aromatic nitrogens is 3. The molecule has 1 N–H and O–H groups in total. The zero-order valence-corrected chi connectivity index (χ0v) is 15.2. The predicted molar refractivity (Wildman–Crippen MR) is 95.9 cm³/mol. The van der Waals surface area contributed by atoms with Gasteiger partial charge in [0.2, 0.25) is 11.1 Å². The molecule has 24 heavy (non-hydrogen) atoms. The Kier molecular flexibility index (Phi) is 4.06. The number of hydrogen-bond acceptors (Lipinski definition) is 5. The van der Waals surface area contributed by atoms with Crippen LogP contribution in [-0.2, 0) is 4.79 Å². The summed E-state index contributed by atoms with van der Waals surface area (Å²) in [7, 11) is 0. The van der Waals surface area contributed by atoms with Gasteiger partial charge in [0.25, 0.3) is 0 Å². The number of fused-ring (bicyclic) bond motifs is 1. The number of anilines is 1. The van der Waals surface area contributed by atoms with Crippen molar-refractivity contribution in [1.82, 2.24) is 14.8 Å². The maximum atomic E-state index is 12.6. The molecule has 124 valence electrons. The van der Waals surface area contributed by atoms with Gasteiger partial charge in [-0.2, -0.15) is 4.98 Å². The summed E-state index contributed by atoms with van der Waals surface area (Å²) < 4.78 is 1.77. The van der Waals surface area contributed by atoms with E-state index in [0.29, 0.717) is 27.6 Å². The highest BCUT2D eigenvalue weighted by Crippen LogP contribution is 2.41. The quantitative estimate of drug-likeness (QED) is 0.785. The van der Waals surface area contributed by atoms with Gasteiger partial charge in [-0.15, -0.1) is 5.10 Å². The van der Waals surface area contributed by atoms with E-state index in [1.165, 1.54) is 11.8 Å². The fraction of sp³-hybridized carbons (Fsp3) is 0.312. The number of carbonyl (C=O) groups excluding carboxylic acids is 1. The van der Waals surface area contributed by atoms with Gasteiger partial charge < -0.3 is 5.32 Å². The number of halogens is 2. The lowest BCUT2D eigenvalue weighted by molar-refractivity contribution is -0.116. The van der Waals surface area contributed by atoms with Crippen LogP contribution in [0.2, 0.25) is 10.0 Å². The molecule has 1 aromatic carbocycles.